The van der Waals surface area contributed by atoms with E-state index in [2.05, 4.69) is 14.9 Å². The van der Waals surface area contributed by atoms with Crippen LogP contribution in [-0.2, 0) is 24.0 Å². The summed E-state index contributed by atoms with van der Waals surface area (Å²) in [6, 6.07) is 16.5. The Balaban J connectivity index is 1.17. The molecular weight excluding hydrogens is 909 g/mol. The van der Waals surface area contributed by atoms with Crippen LogP contribution < -0.4 is 24.0 Å². The number of amides is 1. The molecule has 0 radical (unpaired) electrons. The number of carbonyl (C=O) groups excluding carboxylic acids is 1. The van der Waals surface area contributed by atoms with Crippen LogP contribution in [0.5, 0.6) is 17.5 Å². The first-order valence-corrected chi connectivity index (χ1v) is 23.3. The number of aromatic nitrogens is 3. The van der Waals surface area contributed by atoms with E-state index in [1.165, 1.54) is 19.1 Å². The quantitative estimate of drug-likeness (QED) is 0.112. The van der Waals surface area contributed by atoms with Gasteiger partial charge >= 0.3 is 18.3 Å². The number of hydrogen-bond acceptors (Lipinski definition) is 11. The normalized spacial score (nSPS) is 21.6. The standard InChI is InChI=1S/C50H55ClF5N7O5/c1-29-20-39(60(23-30-8-14-35(65-5)15-9-30)24-31-10-16-36(66-6)17-11-31)57-44(41(29)50(54,55)56)40-38(51)21-37-43(42(40)53)58-46(67-28-49-18-7-19-62(49)25-32(52)22-49)59-45(37)61-26-33-12-13-34(27-61)63(33)47(64)68-48(2,3)4/h8-11,14-17,20-21,32-34H,7,12-13,18-19,22-28H2,1-6H3/t32-,33?,34?,49-/m1/s1. The first kappa shape index (κ1) is 47.4. The van der Waals surface area contributed by atoms with E-state index < -0.39 is 52.2 Å². The minimum Gasteiger partial charge on any atom is -0.497 e. The number of halogens is 6. The Bertz CT molecular complexity index is 2620. The number of anilines is 2. The lowest BCUT2D eigenvalue weighted by atomic mass is 9.95. The van der Waals surface area contributed by atoms with Gasteiger partial charge in [-0.25, -0.2) is 18.6 Å². The number of ether oxygens (including phenoxy) is 4. The van der Waals surface area contributed by atoms with Gasteiger partial charge in [0.25, 0.3) is 0 Å². The molecule has 4 atom stereocenters. The Morgan fingerprint density at radius 2 is 1.51 bits per heavy atom. The zero-order valence-corrected chi connectivity index (χ0v) is 39.7. The SMILES string of the molecule is COc1ccc(CN(Cc2ccc(OC)cc2)c2cc(C)c(C(F)(F)F)c(-c3c(Cl)cc4c(N5CC6CCC(C5)N6C(=O)OC(C)(C)C)nc(OC[C@]56CCCN5C[C@H](F)C6)nc4c3F)n2)cc1. The maximum Gasteiger partial charge on any atom is 0.418 e. The second-order valence-corrected chi connectivity index (χ2v) is 19.8. The second-order valence-electron chi connectivity index (χ2n) is 19.4. The van der Waals surface area contributed by atoms with Gasteiger partial charge in [-0.2, -0.15) is 23.1 Å². The first-order chi connectivity index (χ1) is 32.3. The summed E-state index contributed by atoms with van der Waals surface area (Å²) >= 11 is 7.03. The van der Waals surface area contributed by atoms with Crippen molar-refractivity contribution in [2.24, 2.45) is 0 Å². The van der Waals surface area contributed by atoms with Gasteiger partial charge in [0.2, 0.25) is 0 Å². The molecule has 2 unspecified atom stereocenters. The molecule has 362 valence electrons. The zero-order chi connectivity index (χ0) is 48.3. The molecule has 6 heterocycles. The van der Waals surface area contributed by atoms with Gasteiger partial charge in [0.1, 0.15) is 47.0 Å². The lowest BCUT2D eigenvalue weighted by molar-refractivity contribution is -0.137. The highest BCUT2D eigenvalue weighted by Crippen LogP contribution is 2.47. The molecule has 0 saturated carbocycles. The van der Waals surface area contributed by atoms with Crippen LogP contribution in [-0.4, -0.2) is 107 Å². The molecule has 12 nitrogen and oxygen atoms in total. The highest BCUT2D eigenvalue weighted by atomic mass is 35.5. The molecule has 0 spiro atoms. The molecule has 4 aliphatic rings. The topological polar surface area (TPSA) is 106 Å². The van der Waals surface area contributed by atoms with E-state index >= 15 is 17.6 Å². The summed E-state index contributed by atoms with van der Waals surface area (Å²) in [4.78, 5) is 35.0. The number of rotatable bonds is 12. The molecule has 4 aliphatic heterocycles. The average molecular weight is 964 g/mol. The second kappa shape index (κ2) is 18.3. The predicted molar refractivity (Wildman–Crippen MR) is 249 cm³/mol. The van der Waals surface area contributed by atoms with Gasteiger partial charge in [-0.15, -0.1) is 0 Å². The molecule has 68 heavy (non-hydrogen) atoms. The highest BCUT2D eigenvalue weighted by molar-refractivity contribution is 6.34. The molecule has 3 aromatic carbocycles. The van der Waals surface area contributed by atoms with Gasteiger partial charge in [0.15, 0.2) is 5.82 Å². The van der Waals surface area contributed by atoms with E-state index in [1.54, 1.807) is 69.1 Å². The summed E-state index contributed by atoms with van der Waals surface area (Å²) in [5.74, 6) is 0.499. The van der Waals surface area contributed by atoms with Crippen LogP contribution in [0.25, 0.3) is 22.2 Å². The van der Waals surface area contributed by atoms with Crippen molar-refractivity contribution in [3.8, 4) is 28.8 Å². The third kappa shape index (κ3) is 9.39. The zero-order valence-electron chi connectivity index (χ0n) is 38.9. The monoisotopic (exact) mass is 963 g/mol. The van der Waals surface area contributed by atoms with E-state index in [4.69, 9.17) is 35.5 Å². The molecule has 1 amide bonds. The Kier molecular flexibility index (Phi) is 12.8. The molecule has 2 bridgehead atoms. The van der Waals surface area contributed by atoms with Gasteiger partial charge in [-0.1, -0.05) is 35.9 Å². The number of fused-ring (bicyclic) bond motifs is 4. The number of alkyl halides is 4. The number of pyridine rings is 1. The van der Waals surface area contributed by atoms with E-state index in [0.717, 1.165) is 17.5 Å². The average Bonchev–Trinajstić information content (AvgIpc) is 3.91. The fraction of sp³-hybridized carbons (Fsp3) is 0.480. The van der Waals surface area contributed by atoms with E-state index in [9.17, 15) is 9.18 Å². The molecule has 18 heteroatoms. The predicted octanol–water partition coefficient (Wildman–Crippen LogP) is 10.6. The van der Waals surface area contributed by atoms with Crippen LogP contribution >= 0.6 is 11.6 Å². The van der Waals surface area contributed by atoms with Crippen LogP contribution in [0.4, 0.5) is 38.4 Å². The van der Waals surface area contributed by atoms with Crippen molar-refractivity contribution in [1.29, 1.82) is 0 Å². The molecule has 0 N–H and O–H groups in total. The van der Waals surface area contributed by atoms with E-state index in [-0.39, 0.29) is 83.9 Å². The smallest absolute Gasteiger partial charge is 0.418 e. The molecule has 2 aromatic heterocycles. The number of nitrogens with zero attached hydrogens (tertiary/aromatic N) is 7. The largest absolute Gasteiger partial charge is 0.497 e. The Morgan fingerprint density at radius 1 is 0.897 bits per heavy atom. The van der Waals surface area contributed by atoms with Crippen LogP contribution in [0.2, 0.25) is 5.02 Å². The van der Waals surface area contributed by atoms with Crippen LogP contribution in [0, 0.1) is 12.7 Å². The maximum absolute atomic E-state index is 17.9. The lowest BCUT2D eigenvalue weighted by Crippen LogP contribution is -2.57. The fourth-order valence-corrected chi connectivity index (χ4v) is 10.8. The van der Waals surface area contributed by atoms with Crippen molar-refractivity contribution in [3.63, 3.8) is 0 Å². The van der Waals surface area contributed by atoms with Gasteiger partial charge < -0.3 is 28.7 Å². The molecule has 9 rings (SSSR count). The minimum atomic E-state index is -4.98. The Hall–Kier alpha value is -5.68. The number of carbonyl (C=O) groups is 1. The van der Waals surface area contributed by atoms with Crippen molar-refractivity contribution in [1.82, 2.24) is 24.8 Å². The lowest BCUT2D eigenvalue weighted by Gasteiger charge is -2.42. The number of aryl methyl sites for hydroxylation is 1. The summed E-state index contributed by atoms with van der Waals surface area (Å²) < 4.78 is 102. The Morgan fingerprint density at radius 3 is 2.09 bits per heavy atom. The fourth-order valence-electron chi connectivity index (χ4n) is 10.5. The minimum absolute atomic E-state index is 0.0251. The van der Waals surface area contributed by atoms with Crippen LogP contribution in [0.3, 0.4) is 0 Å². The summed E-state index contributed by atoms with van der Waals surface area (Å²) in [7, 11) is 3.11. The number of piperazine rings is 1. The highest BCUT2D eigenvalue weighted by Gasteiger charge is 2.50. The van der Waals surface area contributed by atoms with Crippen molar-refractivity contribution >= 4 is 40.2 Å². The van der Waals surface area contributed by atoms with E-state index in [0.29, 0.717) is 50.4 Å². The number of hydrogen-bond donors (Lipinski definition) is 0. The maximum atomic E-state index is 17.9. The molecular formula is C50H55ClF5N7O5. The molecule has 0 aliphatic carbocycles. The van der Waals surface area contributed by atoms with Gasteiger partial charge in [0.05, 0.1) is 53.7 Å². The summed E-state index contributed by atoms with van der Waals surface area (Å²) in [6.45, 7) is 8.76. The molecule has 4 fully saturated rings. The molecule has 5 aromatic rings. The van der Waals surface area contributed by atoms with Gasteiger partial charge in [-0.3, -0.25) is 9.80 Å². The van der Waals surface area contributed by atoms with Crippen molar-refractivity contribution < 1.29 is 45.7 Å². The summed E-state index contributed by atoms with van der Waals surface area (Å²) in [5.41, 5.74) is -2.67. The van der Waals surface area contributed by atoms with Crippen molar-refractivity contribution in [2.75, 3.05) is 56.8 Å². The van der Waals surface area contributed by atoms with E-state index in [1.807, 2.05) is 29.2 Å². The number of methoxy groups -OCH3 is 2. The Labute approximate surface area is 397 Å². The number of benzene rings is 3. The third-order valence-electron chi connectivity index (χ3n) is 13.6. The van der Waals surface area contributed by atoms with Gasteiger partial charge in [0, 0.05) is 44.5 Å². The van der Waals surface area contributed by atoms with Crippen molar-refractivity contribution in [3.05, 3.63) is 93.8 Å². The first-order valence-electron chi connectivity index (χ1n) is 22.9. The third-order valence-corrected chi connectivity index (χ3v) is 13.9. The van der Waals surface area contributed by atoms with Crippen LogP contribution in [0.1, 0.15) is 75.1 Å². The summed E-state index contributed by atoms with van der Waals surface area (Å²) in [6.07, 6.45) is -3.28. The van der Waals surface area contributed by atoms with Crippen LogP contribution in [0.15, 0.2) is 60.7 Å². The summed E-state index contributed by atoms with van der Waals surface area (Å²) in [5, 5.41) is -0.197. The van der Waals surface area contributed by atoms with Crippen molar-refractivity contribution in [2.45, 2.75) is 108 Å². The van der Waals surface area contributed by atoms with Gasteiger partial charge in [-0.05, 0) is 113 Å². The molecule has 4 saturated heterocycles.